The van der Waals surface area contributed by atoms with Gasteiger partial charge in [0.15, 0.2) is 0 Å². The first-order valence-corrected chi connectivity index (χ1v) is 8.31. The zero-order chi connectivity index (χ0) is 17.2. The van der Waals surface area contributed by atoms with E-state index >= 15 is 0 Å². The number of piperidine rings is 1. The highest BCUT2D eigenvalue weighted by molar-refractivity contribution is 5.62. The molecule has 0 aliphatic carbocycles. The van der Waals surface area contributed by atoms with Gasteiger partial charge in [0, 0.05) is 41.7 Å². The Morgan fingerprint density at radius 2 is 1.92 bits per heavy atom. The Hall–Kier alpha value is -2.05. The van der Waals surface area contributed by atoms with Gasteiger partial charge in [-0.15, -0.1) is 0 Å². The number of aliphatic hydroxyl groups is 2. The largest absolute Gasteiger partial charge is 0.396 e. The van der Waals surface area contributed by atoms with E-state index in [0.717, 1.165) is 42.0 Å². The molecule has 6 heteroatoms. The molecule has 0 amide bonds. The quantitative estimate of drug-likeness (QED) is 0.889. The predicted octanol–water partition coefficient (Wildman–Crippen LogP) is 1.73. The maximum Gasteiger partial charge on any atom is 0.225 e. The third kappa shape index (κ3) is 3.25. The number of anilines is 1. The van der Waals surface area contributed by atoms with Crippen molar-refractivity contribution in [3.05, 3.63) is 35.8 Å². The molecule has 2 N–H and O–H groups in total. The van der Waals surface area contributed by atoms with Crippen LogP contribution in [0, 0.1) is 19.3 Å². The van der Waals surface area contributed by atoms with Crippen molar-refractivity contribution in [3.8, 4) is 11.3 Å². The molecule has 2 aromatic rings. The van der Waals surface area contributed by atoms with Crippen LogP contribution >= 0.6 is 0 Å². The van der Waals surface area contributed by atoms with Crippen LogP contribution in [0.4, 0.5) is 5.95 Å². The first-order chi connectivity index (χ1) is 11.6. The number of rotatable bonds is 4. The van der Waals surface area contributed by atoms with E-state index < -0.39 is 5.41 Å². The highest BCUT2D eigenvalue weighted by Gasteiger charge is 2.35. The molecule has 128 valence electrons. The van der Waals surface area contributed by atoms with Crippen molar-refractivity contribution in [1.82, 2.24) is 15.0 Å². The van der Waals surface area contributed by atoms with Crippen LogP contribution in [0.3, 0.4) is 0 Å². The molecule has 1 fully saturated rings. The fraction of sp³-hybridized carbons (Fsp3) is 0.500. The normalized spacial score (nSPS) is 17.1. The van der Waals surface area contributed by atoms with Crippen LogP contribution in [0.5, 0.6) is 0 Å². The molecular formula is C18H24N4O2. The standard InChI is InChI=1S/C18H24N4O2/c1-13-4-5-15(14(2)20-13)16-6-8-19-17(21-16)22-9-3-7-18(10-22,11-23)12-24/h4-6,8,23-24H,3,7,9-12H2,1-2H3. The molecule has 2 aromatic heterocycles. The minimum atomic E-state index is -0.473. The summed E-state index contributed by atoms with van der Waals surface area (Å²) in [7, 11) is 0. The van der Waals surface area contributed by atoms with Gasteiger partial charge >= 0.3 is 0 Å². The second-order valence-corrected chi connectivity index (χ2v) is 6.67. The van der Waals surface area contributed by atoms with Crippen LogP contribution in [0.25, 0.3) is 11.3 Å². The Morgan fingerprint density at radius 3 is 2.62 bits per heavy atom. The van der Waals surface area contributed by atoms with E-state index in [1.54, 1.807) is 6.20 Å². The Balaban J connectivity index is 1.90. The summed E-state index contributed by atoms with van der Waals surface area (Å²) in [5.41, 5.74) is 3.29. The van der Waals surface area contributed by atoms with E-state index in [0.29, 0.717) is 12.5 Å². The molecule has 0 bridgehead atoms. The maximum atomic E-state index is 9.67. The number of aryl methyl sites for hydroxylation is 2. The first-order valence-electron chi connectivity index (χ1n) is 8.31. The van der Waals surface area contributed by atoms with Crippen LogP contribution < -0.4 is 4.90 Å². The zero-order valence-corrected chi connectivity index (χ0v) is 14.2. The molecule has 3 heterocycles. The van der Waals surface area contributed by atoms with Crippen LogP contribution in [0.15, 0.2) is 24.4 Å². The summed E-state index contributed by atoms with van der Waals surface area (Å²) in [5.74, 6) is 0.637. The number of aromatic nitrogens is 3. The number of hydrogen-bond donors (Lipinski definition) is 2. The number of aliphatic hydroxyl groups excluding tert-OH is 2. The number of hydrogen-bond acceptors (Lipinski definition) is 6. The van der Waals surface area contributed by atoms with Gasteiger partial charge in [-0.1, -0.05) is 0 Å². The monoisotopic (exact) mass is 328 g/mol. The Labute approximate surface area is 142 Å². The topological polar surface area (TPSA) is 82.4 Å². The second kappa shape index (κ2) is 6.83. The van der Waals surface area contributed by atoms with Gasteiger partial charge in [0.25, 0.3) is 0 Å². The van der Waals surface area contributed by atoms with Crippen molar-refractivity contribution in [2.24, 2.45) is 5.41 Å². The summed E-state index contributed by atoms with van der Waals surface area (Å²) >= 11 is 0. The predicted molar refractivity (Wildman–Crippen MR) is 92.8 cm³/mol. The lowest BCUT2D eigenvalue weighted by Crippen LogP contribution is -2.48. The number of nitrogens with zero attached hydrogens (tertiary/aromatic N) is 4. The van der Waals surface area contributed by atoms with Crippen molar-refractivity contribution >= 4 is 5.95 Å². The molecule has 1 aliphatic rings. The summed E-state index contributed by atoms with van der Waals surface area (Å²) in [6, 6.07) is 5.90. The molecule has 0 radical (unpaired) electrons. The van der Waals surface area contributed by atoms with Crippen molar-refractivity contribution in [2.45, 2.75) is 26.7 Å². The van der Waals surface area contributed by atoms with Gasteiger partial charge in [-0.2, -0.15) is 0 Å². The van der Waals surface area contributed by atoms with Crippen LogP contribution in [-0.4, -0.2) is 51.5 Å². The fourth-order valence-electron chi connectivity index (χ4n) is 3.29. The lowest BCUT2D eigenvalue weighted by Gasteiger charge is -2.40. The van der Waals surface area contributed by atoms with Gasteiger partial charge in [0.1, 0.15) is 0 Å². The Bertz CT molecular complexity index is 716. The van der Waals surface area contributed by atoms with Crippen molar-refractivity contribution < 1.29 is 10.2 Å². The summed E-state index contributed by atoms with van der Waals surface area (Å²) in [6.45, 7) is 5.29. The molecule has 6 nitrogen and oxygen atoms in total. The second-order valence-electron chi connectivity index (χ2n) is 6.67. The smallest absolute Gasteiger partial charge is 0.225 e. The number of pyridine rings is 1. The minimum absolute atomic E-state index is 0.0271. The summed E-state index contributed by atoms with van der Waals surface area (Å²) in [5, 5.41) is 19.3. The molecule has 1 saturated heterocycles. The first kappa shape index (κ1) is 16.8. The summed E-state index contributed by atoms with van der Waals surface area (Å²) in [4.78, 5) is 15.7. The molecule has 0 aromatic carbocycles. The third-order valence-electron chi connectivity index (χ3n) is 4.76. The molecular weight excluding hydrogens is 304 g/mol. The Morgan fingerprint density at radius 1 is 1.12 bits per heavy atom. The van der Waals surface area contributed by atoms with E-state index in [4.69, 9.17) is 4.98 Å². The molecule has 0 unspecified atom stereocenters. The van der Waals surface area contributed by atoms with E-state index in [-0.39, 0.29) is 13.2 Å². The molecule has 1 aliphatic heterocycles. The third-order valence-corrected chi connectivity index (χ3v) is 4.76. The van der Waals surface area contributed by atoms with Crippen LogP contribution in [-0.2, 0) is 0 Å². The molecule has 3 rings (SSSR count). The minimum Gasteiger partial charge on any atom is -0.396 e. The van der Waals surface area contributed by atoms with Crippen LogP contribution in [0.1, 0.15) is 24.2 Å². The average Bonchev–Trinajstić information content (AvgIpc) is 2.62. The van der Waals surface area contributed by atoms with Gasteiger partial charge in [0.05, 0.1) is 18.9 Å². The van der Waals surface area contributed by atoms with Crippen molar-refractivity contribution in [3.63, 3.8) is 0 Å². The summed E-state index contributed by atoms with van der Waals surface area (Å²) < 4.78 is 0. The maximum absolute atomic E-state index is 9.67. The summed E-state index contributed by atoms with van der Waals surface area (Å²) in [6.07, 6.45) is 3.47. The molecule has 0 atom stereocenters. The zero-order valence-electron chi connectivity index (χ0n) is 14.2. The lowest BCUT2D eigenvalue weighted by molar-refractivity contribution is 0.0418. The molecule has 0 saturated carbocycles. The molecule has 0 spiro atoms. The van der Waals surface area contributed by atoms with E-state index in [1.165, 1.54) is 0 Å². The average molecular weight is 328 g/mol. The lowest BCUT2D eigenvalue weighted by atomic mass is 9.81. The van der Waals surface area contributed by atoms with Gasteiger partial charge in [-0.05, 0) is 44.9 Å². The van der Waals surface area contributed by atoms with Gasteiger partial charge in [0.2, 0.25) is 5.95 Å². The highest BCUT2D eigenvalue weighted by atomic mass is 16.3. The van der Waals surface area contributed by atoms with Gasteiger partial charge in [-0.3, -0.25) is 4.98 Å². The van der Waals surface area contributed by atoms with Gasteiger partial charge < -0.3 is 15.1 Å². The van der Waals surface area contributed by atoms with Crippen molar-refractivity contribution in [1.29, 1.82) is 0 Å². The molecule has 24 heavy (non-hydrogen) atoms. The fourth-order valence-corrected chi connectivity index (χ4v) is 3.29. The van der Waals surface area contributed by atoms with E-state index in [2.05, 4.69) is 14.9 Å². The Kier molecular flexibility index (Phi) is 4.78. The van der Waals surface area contributed by atoms with E-state index in [9.17, 15) is 10.2 Å². The van der Waals surface area contributed by atoms with Crippen LogP contribution in [0.2, 0.25) is 0 Å². The van der Waals surface area contributed by atoms with Gasteiger partial charge in [-0.25, -0.2) is 9.97 Å². The SMILES string of the molecule is Cc1ccc(-c2ccnc(N3CCCC(CO)(CO)C3)n2)c(C)n1. The van der Waals surface area contributed by atoms with Crippen molar-refractivity contribution in [2.75, 3.05) is 31.2 Å². The highest BCUT2D eigenvalue weighted by Crippen LogP contribution is 2.31. The van der Waals surface area contributed by atoms with E-state index in [1.807, 2.05) is 32.0 Å².